The summed E-state index contributed by atoms with van der Waals surface area (Å²) in [6.07, 6.45) is 3.17. The number of hydrogen-bond donors (Lipinski definition) is 1. The van der Waals surface area contributed by atoms with E-state index >= 15 is 0 Å². The van der Waals surface area contributed by atoms with Crippen LogP contribution in [0.5, 0.6) is 0 Å². The van der Waals surface area contributed by atoms with Crippen molar-refractivity contribution >= 4 is 11.8 Å². The zero-order chi connectivity index (χ0) is 11.5. The maximum absolute atomic E-state index is 11.6. The highest BCUT2D eigenvalue weighted by atomic mass is 16.4. The number of Topliss-reactive ketones (excluding diaryl/α,β-unsaturated/α-hetero) is 1. The molecule has 0 aromatic heterocycles. The van der Waals surface area contributed by atoms with Crippen molar-refractivity contribution in [3.05, 3.63) is 34.9 Å². The number of fused-ring (bicyclic) bond motifs is 1. The highest BCUT2D eigenvalue weighted by Gasteiger charge is 2.16. The van der Waals surface area contributed by atoms with Gasteiger partial charge in [0, 0.05) is 18.4 Å². The number of aliphatic carboxylic acids is 1. The van der Waals surface area contributed by atoms with Crippen LogP contribution in [-0.2, 0) is 17.6 Å². The van der Waals surface area contributed by atoms with Gasteiger partial charge in [-0.2, -0.15) is 0 Å². The molecule has 1 aromatic rings. The third-order valence-corrected chi connectivity index (χ3v) is 2.95. The van der Waals surface area contributed by atoms with E-state index in [1.54, 1.807) is 0 Å². The van der Waals surface area contributed by atoms with Crippen molar-refractivity contribution in [2.45, 2.75) is 32.1 Å². The second-order valence-electron chi connectivity index (χ2n) is 4.16. The number of rotatable bonds is 3. The summed E-state index contributed by atoms with van der Waals surface area (Å²) in [6, 6.07) is 5.69. The third kappa shape index (κ3) is 2.30. The van der Waals surface area contributed by atoms with E-state index in [1.807, 2.05) is 18.2 Å². The number of aryl methyl sites for hydroxylation is 2. The van der Waals surface area contributed by atoms with Crippen molar-refractivity contribution in [3.63, 3.8) is 0 Å². The maximum Gasteiger partial charge on any atom is 0.303 e. The van der Waals surface area contributed by atoms with Gasteiger partial charge in [0.15, 0.2) is 5.78 Å². The van der Waals surface area contributed by atoms with Gasteiger partial charge in [-0.15, -0.1) is 0 Å². The fourth-order valence-electron chi connectivity index (χ4n) is 2.11. The molecule has 0 spiro atoms. The van der Waals surface area contributed by atoms with Gasteiger partial charge in [0.05, 0.1) is 0 Å². The minimum Gasteiger partial charge on any atom is -0.481 e. The standard InChI is InChI=1S/C13H14O3/c14-12-3-1-2-10-8-9(4-6-11(10)12)5-7-13(15)16/h4,6,8H,1-3,5,7H2,(H,15,16). The average molecular weight is 218 g/mol. The minimum absolute atomic E-state index is 0.146. The Bertz CT molecular complexity index is 435. The molecule has 1 aliphatic rings. The zero-order valence-corrected chi connectivity index (χ0v) is 9.03. The molecule has 0 unspecified atom stereocenters. The van der Waals surface area contributed by atoms with Gasteiger partial charge < -0.3 is 5.11 Å². The number of benzene rings is 1. The van der Waals surface area contributed by atoms with E-state index in [2.05, 4.69) is 0 Å². The topological polar surface area (TPSA) is 54.4 Å². The summed E-state index contributed by atoms with van der Waals surface area (Å²) >= 11 is 0. The molecule has 1 aliphatic carbocycles. The van der Waals surface area contributed by atoms with Gasteiger partial charge in [0.1, 0.15) is 0 Å². The van der Waals surface area contributed by atoms with Crippen molar-refractivity contribution in [3.8, 4) is 0 Å². The van der Waals surface area contributed by atoms with Crippen LogP contribution in [0.15, 0.2) is 18.2 Å². The fraction of sp³-hybridized carbons (Fsp3) is 0.385. The van der Waals surface area contributed by atoms with Crippen LogP contribution in [0.3, 0.4) is 0 Å². The predicted octanol–water partition coefficient (Wildman–Crippen LogP) is 2.22. The molecule has 3 nitrogen and oxygen atoms in total. The van der Waals surface area contributed by atoms with Crippen LogP contribution >= 0.6 is 0 Å². The Labute approximate surface area is 94.1 Å². The van der Waals surface area contributed by atoms with Gasteiger partial charge in [-0.25, -0.2) is 0 Å². The molecule has 0 bridgehead atoms. The quantitative estimate of drug-likeness (QED) is 0.846. The molecule has 2 rings (SSSR count). The Balaban J connectivity index is 2.18. The molecule has 16 heavy (non-hydrogen) atoms. The van der Waals surface area contributed by atoms with Crippen LogP contribution in [0.1, 0.15) is 40.7 Å². The molecular weight excluding hydrogens is 204 g/mol. The fourth-order valence-corrected chi connectivity index (χ4v) is 2.11. The third-order valence-electron chi connectivity index (χ3n) is 2.95. The van der Waals surface area contributed by atoms with Gasteiger partial charge in [-0.05, 0) is 30.4 Å². The number of hydrogen-bond acceptors (Lipinski definition) is 2. The van der Waals surface area contributed by atoms with Gasteiger partial charge in [0.2, 0.25) is 0 Å². The lowest BCUT2D eigenvalue weighted by atomic mass is 9.89. The summed E-state index contributed by atoms with van der Waals surface area (Å²) in [7, 11) is 0. The lowest BCUT2D eigenvalue weighted by Crippen LogP contribution is -2.11. The summed E-state index contributed by atoms with van der Waals surface area (Å²) in [5.74, 6) is -0.570. The number of carboxylic acid groups (broad SMARTS) is 1. The molecule has 84 valence electrons. The van der Waals surface area contributed by atoms with Crippen molar-refractivity contribution < 1.29 is 14.7 Å². The Morgan fingerprint density at radius 3 is 2.88 bits per heavy atom. The van der Waals surface area contributed by atoms with Crippen LogP contribution in [0.4, 0.5) is 0 Å². The molecule has 0 aliphatic heterocycles. The first-order valence-corrected chi connectivity index (χ1v) is 5.53. The maximum atomic E-state index is 11.6. The van der Waals surface area contributed by atoms with Crippen molar-refractivity contribution in [2.75, 3.05) is 0 Å². The summed E-state index contributed by atoms with van der Waals surface area (Å²) in [4.78, 5) is 22.0. The van der Waals surface area contributed by atoms with E-state index in [4.69, 9.17) is 5.11 Å². The van der Waals surface area contributed by atoms with Gasteiger partial charge in [-0.3, -0.25) is 9.59 Å². The lowest BCUT2D eigenvalue weighted by Gasteiger charge is -2.15. The second kappa shape index (κ2) is 4.47. The molecule has 1 aromatic carbocycles. The number of carbonyl (C=O) groups is 2. The van der Waals surface area contributed by atoms with Crippen LogP contribution in [0.25, 0.3) is 0 Å². The van der Waals surface area contributed by atoms with Crippen LogP contribution in [0, 0.1) is 0 Å². The molecule has 0 radical (unpaired) electrons. The Morgan fingerprint density at radius 2 is 2.12 bits per heavy atom. The number of carbonyl (C=O) groups excluding carboxylic acids is 1. The van der Waals surface area contributed by atoms with Crippen molar-refractivity contribution in [1.29, 1.82) is 0 Å². The Kier molecular flexibility index (Phi) is 3.04. The minimum atomic E-state index is -0.784. The molecule has 0 amide bonds. The Morgan fingerprint density at radius 1 is 1.31 bits per heavy atom. The van der Waals surface area contributed by atoms with Crippen LogP contribution in [0.2, 0.25) is 0 Å². The van der Waals surface area contributed by atoms with Crippen molar-refractivity contribution in [2.24, 2.45) is 0 Å². The molecule has 3 heteroatoms. The monoisotopic (exact) mass is 218 g/mol. The first-order valence-electron chi connectivity index (χ1n) is 5.53. The zero-order valence-electron chi connectivity index (χ0n) is 9.03. The summed E-state index contributed by atoms with van der Waals surface area (Å²) < 4.78 is 0. The largest absolute Gasteiger partial charge is 0.481 e. The lowest BCUT2D eigenvalue weighted by molar-refractivity contribution is -0.136. The van der Waals surface area contributed by atoms with Crippen LogP contribution < -0.4 is 0 Å². The average Bonchev–Trinajstić information content (AvgIpc) is 2.26. The van der Waals surface area contributed by atoms with E-state index < -0.39 is 5.97 Å². The Hall–Kier alpha value is -1.64. The molecule has 0 heterocycles. The second-order valence-corrected chi connectivity index (χ2v) is 4.16. The molecule has 0 saturated carbocycles. The molecule has 1 N–H and O–H groups in total. The number of carboxylic acids is 1. The predicted molar refractivity (Wildman–Crippen MR) is 59.7 cm³/mol. The normalized spacial score (nSPS) is 14.6. The molecular formula is C13H14O3. The van der Waals surface area contributed by atoms with E-state index in [9.17, 15) is 9.59 Å². The van der Waals surface area contributed by atoms with Crippen LogP contribution in [-0.4, -0.2) is 16.9 Å². The SMILES string of the molecule is O=C(O)CCc1ccc2c(c1)CCCC2=O. The summed E-state index contributed by atoms with van der Waals surface area (Å²) in [6.45, 7) is 0. The molecule has 0 atom stereocenters. The highest BCUT2D eigenvalue weighted by Crippen LogP contribution is 2.22. The van der Waals surface area contributed by atoms with Crippen molar-refractivity contribution in [1.82, 2.24) is 0 Å². The molecule has 0 saturated heterocycles. The number of ketones is 1. The van der Waals surface area contributed by atoms with Gasteiger partial charge in [0.25, 0.3) is 0 Å². The summed E-state index contributed by atoms with van der Waals surface area (Å²) in [5, 5.41) is 8.60. The summed E-state index contributed by atoms with van der Waals surface area (Å²) in [5.41, 5.74) is 2.92. The van der Waals surface area contributed by atoms with E-state index in [0.29, 0.717) is 12.8 Å². The van der Waals surface area contributed by atoms with E-state index in [-0.39, 0.29) is 12.2 Å². The first kappa shape index (κ1) is 10.9. The first-order chi connectivity index (χ1) is 7.66. The van der Waals surface area contributed by atoms with Gasteiger partial charge >= 0.3 is 5.97 Å². The van der Waals surface area contributed by atoms with E-state index in [0.717, 1.165) is 29.5 Å². The van der Waals surface area contributed by atoms with E-state index in [1.165, 1.54) is 0 Å². The smallest absolute Gasteiger partial charge is 0.303 e. The highest BCUT2D eigenvalue weighted by molar-refractivity contribution is 5.98. The van der Waals surface area contributed by atoms with Gasteiger partial charge in [-0.1, -0.05) is 18.2 Å². The molecule has 0 fully saturated rings.